The topological polar surface area (TPSA) is 88.6 Å². The van der Waals surface area contributed by atoms with E-state index >= 15 is 0 Å². The van der Waals surface area contributed by atoms with Crippen molar-refractivity contribution in [3.05, 3.63) is 66.0 Å². The van der Waals surface area contributed by atoms with Gasteiger partial charge < -0.3 is 10.1 Å². The quantitative estimate of drug-likeness (QED) is 0.732. The Morgan fingerprint density at radius 2 is 1.90 bits per heavy atom. The minimum Gasteiger partial charge on any atom is -0.372 e. The van der Waals surface area contributed by atoms with Crippen molar-refractivity contribution in [3.8, 4) is 0 Å². The lowest BCUT2D eigenvalue weighted by molar-refractivity contribution is -0.116. The van der Waals surface area contributed by atoms with Gasteiger partial charge in [-0.2, -0.15) is 4.31 Å². The van der Waals surface area contributed by atoms with Crippen LogP contribution in [0.2, 0.25) is 0 Å². The first-order valence-electron chi connectivity index (χ1n) is 9.61. The largest absolute Gasteiger partial charge is 0.372 e. The van der Waals surface area contributed by atoms with Crippen molar-refractivity contribution in [2.75, 3.05) is 13.1 Å². The van der Waals surface area contributed by atoms with Gasteiger partial charge in [-0.15, -0.1) is 0 Å². The van der Waals surface area contributed by atoms with Crippen molar-refractivity contribution in [1.29, 1.82) is 0 Å². The van der Waals surface area contributed by atoms with Gasteiger partial charge in [0.05, 0.1) is 17.1 Å². The number of amides is 1. The van der Waals surface area contributed by atoms with Crippen molar-refractivity contribution in [2.45, 2.75) is 36.5 Å². The lowest BCUT2D eigenvalue weighted by atomic mass is 10.2. The van der Waals surface area contributed by atoms with E-state index in [1.165, 1.54) is 10.4 Å². The summed E-state index contributed by atoms with van der Waals surface area (Å²) in [5, 5.41) is 2.79. The van der Waals surface area contributed by atoms with E-state index in [9.17, 15) is 13.2 Å². The summed E-state index contributed by atoms with van der Waals surface area (Å²) >= 11 is 0. The number of carbonyl (C=O) groups excluding carboxylic acids is 1. The van der Waals surface area contributed by atoms with Gasteiger partial charge in [0.1, 0.15) is 0 Å². The number of pyridine rings is 1. The number of ether oxygens (including phenoxy) is 1. The molecule has 1 N–H and O–H groups in total. The second-order valence-electron chi connectivity index (χ2n) is 7.26. The van der Waals surface area contributed by atoms with Gasteiger partial charge in [0, 0.05) is 38.1 Å². The molecule has 29 heavy (non-hydrogen) atoms. The Bertz CT molecular complexity index is 978. The summed E-state index contributed by atoms with van der Waals surface area (Å²) in [6.07, 6.45) is 8.34. The molecule has 2 aromatic rings. The van der Waals surface area contributed by atoms with E-state index in [0.29, 0.717) is 19.6 Å². The lowest BCUT2D eigenvalue weighted by Crippen LogP contribution is -2.45. The van der Waals surface area contributed by atoms with Crippen molar-refractivity contribution >= 4 is 22.0 Å². The molecule has 2 atom stereocenters. The van der Waals surface area contributed by atoms with Gasteiger partial charge in [-0.3, -0.25) is 9.78 Å². The molecule has 8 heteroatoms. The molecule has 4 rings (SSSR count). The third-order valence-electron chi connectivity index (χ3n) is 5.15. The Labute approximate surface area is 170 Å². The molecule has 2 fully saturated rings. The predicted octanol–water partition coefficient (Wildman–Crippen LogP) is 1.96. The fourth-order valence-electron chi connectivity index (χ4n) is 3.60. The Kier molecular flexibility index (Phi) is 5.75. The van der Waals surface area contributed by atoms with E-state index in [4.69, 9.17) is 4.74 Å². The highest BCUT2D eigenvalue weighted by Crippen LogP contribution is 2.29. The van der Waals surface area contributed by atoms with Crippen LogP contribution >= 0.6 is 0 Å². The van der Waals surface area contributed by atoms with E-state index in [0.717, 1.165) is 24.0 Å². The second kappa shape index (κ2) is 8.44. The van der Waals surface area contributed by atoms with Crippen molar-refractivity contribution in [2.24, 2.45) is 0 Å². The summed E-state index contributed by atoms with van der Waals surface area (Å²) in [4.78, 5) is 16.2. The first kappa shape index (κ1) is 19.8. The summed E-state index contributed by atoms with van der Waals surface area (Å²) in [7, 11) is -3.53. The smallest absolute Gasteiger partial charge is 0.244 e. The van der Waals surface area contributed by atoms with Crippen LogP contribution in [0.25, 0.3) is 6.08 Å². The standard InChI is InChI=1S/C21H23N3O4S/c25-21(10-5-16-2-1-11-22-12-16)23-13-17-3-8-20(9-4-17)29(26,27)24-14-18-6-7-19(15-24)28-18/h1-5,8-12,18-19H,6-7,13-15H2,(H,23,25)/b10-5+. The third-order valence-corrected chi connectivity index (χ3v) is 7.00. The Balaban J connectivity index is 1.34. The van der Waals surface area contributed by atoms with Gasteiger partial charge in [-0.25, -0.2) is 8.42 Å². The van der Waals surface area contributed by atoms with Gasteiger partial charge in [-0.1, -0.05) is 18.2 Å². The average molecular weight is 413 g/mol. The number of morpholine rings is 1. The number of rotatable bonds is 6. The molecule has 1 aromatic carbocycles. The van der Waals surface area contributed by atoms with Gasteiger partial charge in [0.15, 0.2) is 0 Å². The van der Waals surface area contributed by atoms with E-state index < -0.39 is 10.0 Å². The first-order chi connectivity index (χ1) is 14.0. The molecular formula is C21H23N3O4S. The first-order valence-corrected chi connectivity index (χ1v) is 11.1. The summed E-state index contributed by atoms with van der Waals surface area (Å²) in [6.45, 7) is 1.15. The fourth-order valence-corrected chi connectivity index (χ4v) is 5.10. The predicted molar refractivity (Wildman–Crippen MR) is 108 cm³/mol. The maximum absolute atomic E-state index is 12.9. The van der Waals surface area contributed by atoms with Gasteiger partial charge >= 0.3 is 0 Å². The molecule has 1 aromatic heterocycles. The normalized spacial score (nSPS) is 22.1. The SMILES string of the molecule is O=C(/C=C/c1cccnc1)NCc1ccc(S(=O)(=O)N2CC3CCC(C2)O3)cc1. The maximum Gasteiger partial charge on any atom is 0.244 e. The summed E-state index contributed by atoms with van der Waals surface area (Å²) < 4.78 is 33.0. The van der Waals surface area contributed by atoms with Crippen LogP contribution in [-0.4, -0.2) is 48.9 Å². The fraction of sp³-hybridized carbons (Fsp3) is 0.333. The number of hydrogen-bond acceptors (Lipinski definition) is 5. The van der Waals surface area contributed by atoms with E-state index in [-0.39, 0.29) is 23.0 Å². The van der Waals surface area contributed by atoms with Crippen LogP contribution in [0.3, 0.4) is 0 Å². The maximum atomic E-state index is 12.9. The third kappa shape index (κ3) is 4.72. The molecule has 152 valence electrons. The number of sulfonamides is 1. The van der Waals surface area contributed by atoms with E-state index in [1.54, 1.807) is 48.8 Å². The summed E-state index contributed by atoms with van der Waals surface area (Å²) in [5.41, 5.74) is 1.67. The molecule has 2 aliphatic rings. The Hall–Kier alpha value is -2.55. The molecule has 7 nitrogen and oxygen atoms in total. The van der Waals surface area contributed by atoms with Crippen molar-refractivity contribution in [1.82, 2.24) is 14.6 Å². The minimum atomic E-state index is -3.53. The Morgan fingerprint density at radius 3 is 2.55 bits per heavy atom. The average Bonchev–Trinajstić information content (AvgIpc) is 3.09. The number of fused-ring (bicyclic) bond motifs is 2. The molecule has 2 saturated heterocycles. The zero-order valence-electron chi connectivity index (χ0n) is 15.9. The van der Waals surface area contributed by atoms with Crippen molar-refractivity contribution < 1.29 is 17.9 Å². The molecule has 3 heterocycles. The molecule has 0 spiro atoms. The van der Waals surface area contributed by atoms with Crippen LogP contribution in [0.1, 0.15) is 24.0 Å². The van der Waals surface area contributed by atoms with Crippen LogP contribution in [0.4, 0.5) is 0 Å². The van der Waals surface area contributed by atoms with Crippen LogP contribution in [-0.2, 0) is 26.1 Å². The molecular weight excluding hydrogens is 390 g/mol. The number of aromatic nitrogens is 1. The van der Waals surface area contributed by atoms with Gasteiger partial charge in [0.25, 0.3) is 0 Å². The molecule has 0 aliphatic carbocycles. The minimum absolute atomic E-state index is 0.0118. The van der Waals surface area contributed by atoms with Gasteiger partial charge in [-0.05, 0) is 48.2 Å². The van der Waals surface area contributed by atoms with E-state index in [2.05, 4.69) is 10.3 Å². The van der Waals surface area contributed by atoms with E-state index in [1.807, 2.05) is 6.07 Å². The highest BCUT2D eigenvalue weighted by Gasteiger charge is 2.39. The summed E-state index contributed by atoms with van der Waals surface area (Å²) in [6, 6.07) is 10.3. The number of nitrogens with one attached hydrogen (secondary N) is 1. The highest BCUT2D eigenvalue weighted by atomic mass is 32.2. The summed E-state index contributed by atoms with van der Waals surface area (Å²) in [5.74, 6) is -0.227. The van der Waals surface area contributed by atoms with Gasteiger partial charge in [0.2, 0.25) is 15.9 Å². The molecule has 2 unspecified atom stereocenters. The number of carbonyl (C=O) groups is 1. The highest BCUT2D eigenvalue weighted by molar-refractivity contribution is 7.89. The molecule has 0 radical (unpaired) electrons. The van der Waals surface area contributed by atoms with Crippen LogP contribution < -0.4 is 5.32 Å². The monoisotopic (exact) mass is 413 g/mol. The lowest BCUT2D eigenvalue weighted by Gasteiger charge is -2.31. The van der Waals surface area contributed by atoms with Crippen LogP contribution in [0.15, 0.2) is 59.8 Å². The number of benzene rings is 1. The zero-order chi connectivity index (χ0) is 20.3. The second-order valence-corrected chi connectivity index (χ2v) is 9.20. The Morgan fingerprint density at radius 1 is 1.17 bits per heavy atom. The number of hydrogen-bond donors (Lipinski definition) is 1. The van der Waals surface area contributed by atoms with Crippen molar-refractivity contribution in [3.63, 3.8) is 0 Å². The molecule has 2 bridgehead atoms. The van der Waals surface area contributed by atoms with Crippen LogP contribution in [0.5, 0.6) is 0 Å². The zero-order valence-corrected chi connectivity index (χ0v) is 16.7. The number of nitrogens with zero attached hydrogens (tertiary/aromatic N) is 2. The van der Waals surface area contributed by atoms with Crippen LogP contribution in [0, 0.1) is 0 Å². The molecule has 1 amide bonds. The molecule has 2 aliphatic heterocycles. The molecule has 0 saturated carbocycles.